The standard InChI is InChI=1S/C16H28O4/c1-2-18-15(17)20-16(13-19-16)12-8-4-3-5-9-14-10-6-7-11-14/h14H,2-13H2,1H3. The molecule has 2 rings (SSSR count). The summed E-state index contributed by atoms with van der Waals surface area (Å²) in [6, 6.07) is 0. The first-order chi connectivity index (χ1) is 9.74. The van der Waals surface area contributed by atoms with Gasteiger partial charge in [-0.1, -0.05) is 51.4 Å². The van der Waals surface area contributed by atoms with Gasteiger partial charge < -0.3 is 14.2 Å². The molecule has 0 bridgehead atoms. The first-order valence-corrected chi connectivity index (χ1v) is 8.24. The minimum Gasteiger partial charge on any atom is -0.435 e. The highest BCUT2D eigenvalue weighted by atomic mass is 16.8. The molecular weight excluding hydrogens is 256 g/mol. The van der Waals surface area contributed by atoms with E-state index in [1.807, 2.05) is 0 Å². The van der Waals surface area contributed by atoms with Crippen LogP contribution in [0.3, 0.4) is 0 Å². The average molecular weight is 284 g/mol. The molecule has 2 aliphatic rings. The number of unbranched alkanes of at least 4 members (excludes halogenated alkanes) is 3. The third-order valence-corrected chi connectivity index (χ3v) is 4.39. The summed E-state index contributed by atoms with van der Waals surface area (Å²) in [5.74, 6) is 0.345. The number of hydrogen-bond donors (Lipinski definition) is 0. The summed E-state index contributed by atoms with van der Waals surface area (Å²) in [4.78, 5) is 11.3. The largest absolute Gasteiger partial charge is 0.510 e. The molecule has 2 fully saturated rings. The Morgan fingerprint density at radius 1 is 1.20 bits per heavy atom. The second kappa shape index (κ2) is 7.87. The lowest BCUT2D eigenvalue weighted by Gasteiger charge is -2.13. The lowest BCUT2D eigenvalue weighted by molar-refractivity contribution is -0.0381. The highest BCUT2D eigenvalue weighted by Crippen LogP contribution is 2.35. The molecule has 1 aliphatic carbocycles. The highest BCUT2D eigenvalue weighted by Gasteiger charge is 2.49. The fourth-order valence-electron chi connectivity index (χ4n) is 3.11. The maximum atomic E-state index is 11.3. The highest BCUT2D eigenvalue weighted by molar-refractivity contribution is 5.60. The molecule has 0 aromatic carbocycles. The number of rotatable bonds is 9. The second-order valence-corrected chi connectivity index (χ2v) is 6.09. The summed E-state index contributed by atoms with van der Waals surface area (Å²) in [6.07, 6.45) is 12.3. The monoisotopic (exact) mass is 284 g/mol. The topological polar surface area (TPSA) is 48.1 Å². The van der Waals surface area contributed by atoms with E-state index in [9.17, 15) is 4.79 Å². The number of carbonyl (C=O) groups excluding carboxylic acids is 1. The molecule has 0 N–H and O–H groups in total. The van der Waals surface area contributed by atoms with E-state index >= 15 is 0 Å². The molecule has 4 heteroatoms. The van der Waals surface area contributed by atoms with E-state index in [-0.39, 0.29) is 0 Å². The van der Waals surface area contributed by atoms with E-state index < -0.39 is 11.9 Å². The van der Waals surface area contributed by atoms with Crippen molar-refractivity contribution >= 4 is 6.16 Å². The molecule has 0 amide bonds. The van der Waals surface area contributed by atoms with E-state index in [0.29, 0.717) is 13.2 Å². The van der Waals surface area contributed by atoms with E-state index in [0.717, 1.165) is 18.8 Å². The van der Waals surface area contributed by atoms with Gasteiger partial charge in [0.1, 0.15) is 6.61 Å². The van der Waals surface area contributed by atoms with Crippen LogP contribution in [0.25, 0.3) is 0 Å². The van der Waals surface area contributed by atoms with Crippen LogP contribution in [0.5, 0.6) is 0 Å². The Hall–Kier alpha value is -0.770. The molecule has 1 aliphatic heterocycles. The van der Waals surface area contributed by atoms with Crippen LogP contribution in [0.1, 0.15) is 71.1 Å². The molecule has 4 nitrogen and oxygen atoms in total. The quantitative estimate of drug-likeness (QED) is 0.357. The summed E-state index contributed by atoms with van der Waals surface area (Å²) >= 11 is 0. The van der Waals surface area contributed by atoms with Crippen molar-refractivity contribution in [2.45, 2.75) is 76.9 Å². The zero-order valence-corrected chi connectivity index (χ0v) is 12.7. The van der Waals surface area contributed by atoms with Gasteiger partial charge in [-0.15, -0.1) is 0 Å². The van der Waals surface area contributed by atoms with Crippen LogP contribution in [0, 0.1) is 5.92 Å². The van der Waals surface area contributed by atoms with Crippen LogP contribution in [-0.4, -0.2) is 25.2 Å². The molecule has 1 unspecified atom stereocenters. The smallest absolute Gasteiger partial charge is 0.435 e. The van der Waals surface area contributed by atoms with Crippen molar-refractivity contribution in [2.75, 3.05) is 13.2 Å². The Morgan fingerprint density at radius 2 is 1.90 bits per heavy atom. The summed E-state index contributed by atoms with van der Waals surface area (Å²) < 4.78 is 15.3. The molecule has 1 atom stereocenters. The van der Waals surface area contributed by atoms with Crippen LogP contribution in [-0.2, 0) is 14.2 Å². The van der Waals surface area contributed by atoms with E-state index in [4.69, 9.17) is 14.2 Å². The summed E-state index contributed by atoms with van der Waals surface area (Å²) in [5.41, 5.74) is 0. The molecule has 0 radical (unpaired) electrons. The Balaban J connectivity index is 1.47. The van der Waals surface area contributed by atoms with Crippen molar-refractivity contribution in [3.63, 3.8) is 0 Å². The van der Waals surface area contributed by atoms with Gasteiger partial charge in [-0.05, 0) is 19.3 Å². The fraction of sp³-hybridized carbons (Fsp3) is 0.938. The fourth-order valence-corrected chi connectivity index (χ4v) is 3.11. The van der Waals surface area contributed by atoms with E-state index in [1.54, 1.807) is 6.92 Å². The summed E-state index contributed by atoms with van der Waals surface area (Å²) in [5, 5.41) is 0. The zero-order chi connectivity index (χ0) is 14.3. The van der Waals surface area contributed by atoms with Gasteiger partial charge in [-0.25, -0.2) is 4.79 Å². The van der Waals surface area contributed by atoms with Crippen molar-refractivity contribution in [2.24, 2.45) is 5.92 Å². The Bertz CT molecular complexity index is 293. The summed E-state index contributed by atoms with van der Waals surface area (Å²) in [7, 11) is 0. The van der Waals surface area contributed by atoms with Gasteiger partial charge >= 0.3 is 6.16 Å². The molecule has 0 aromatic heterocycles. The van der Waals surface area contributed by atoms with Crippen molar-refractivity contribution in [3.8, 4) is 0 Å². The van der Waals surface area contributed by atoms with E-state index in [1.165, 1.54) is 51.4 Å². The Labute approximate surface area is 122 Å². The predicted octanol–water partition coefficient (Wildman–Crippen LogP) is 4.42. The second-order valence-electron chi connectivity index (χ2n) is 6.09. The van der Waals surface area contributed by atoms with Crippen LogP contribution < -0.4 is 0 Å². The van der Waals surface area contributed by atoms with Gasteiger partial charge in [0.25, 0.3) is 0 Å². The lowest BCUT2D eigenvalue weighted by Crippen LogP contribution is -2.22. The number of carbonyl (C=O) groups is 1. The van der Waals surface area contributed by atoms with Crippen molar-refractivity contribution in [1.29, 1.82) is 0 Å². The van der Waals surface area contributed by atoms with Gasteiger partial charge in [0.05, 0.1) is 6.61 Å². The van der Waals surface area contributed by atoms with Gasteiger partial charge in [-0.3, -0.25) is 0 Å². The maximum absolute atomic E-state index is 11.3. The minimum atomic E-state index is -0.655. The first kappa shape index (κ1) is 15.6. The molecule has 1 saturated carbocycles. The van der Waals surface area contributed by atoms with E-state index in [2.05, 4.69) is 0 Å². The summed E-state index contributed by atoms with van der Waals surface area (Å²) in [6.45, 7) is 2.63. The van der Waals surface area contributed by atoms with Crippen molar-refractivity contribution in [1.82, 2.24) is 0 Å². The van der Waals surface area contributed by atoms with Gasteiger partial charge in [-0.2, -0.15) is 0 Å². The number of ether oxygens (including phenoxy) is 3. The number of hydrogen-bond acceptors (Lipinski definition) is 4. The molecule has 20 heavy (non-hydrogen) atoms. The maximum Gasteiger partial charge on any atom is 0.510 e. The molecule has 1 saturated heterocycles. The molecular formula is C16H28O4. The SMILES string of the molecule is CCOC(=O)OC1(CCCCCCC2CCCC2)CO1. The molecule has 116 valence electrons. The molecule has 0 aromatic rings. The van der Waals surface area contributed by atoms with Crippen LogP contribution >= 0.6 is 0 Å². The predicted molar refractivity (Wildman–Crippen MR) is 76.5 cm³/mol. The molecule has 0 spiro atoms. The Kier molecular flexibility index (Phi) is 6.14. The first-order valence-electron chi connectivity index (χ1n) is 8.24. The normalized spacial score (nSPS) is 25.6. The van der Waals surface area contributed by atoms with Gasteiger partial charge in [0.15, 0.2) is 0 Å². The van der Waals surface area contributed by atoms with Crippen LogP contribution in [0.2, 0.25) is 0 Å². The Morgan fingerprint density at radius 3 is 2.55 bits per heavy atom. The third kappa shape index (κ3) is 5.31. The van der Waals surface area contributed by atoms with Crippen molar-refractivity contribution in [3.05, 3.63) is 0 Å². The van der Waals surface area contributed by atoms with Crippen LogP contribution in [0.15, 0.2) is 0 Å². The minimum absolute atomic E-state index is 0.343. The molecule has 1 heterocycles. The van der Waals surface area contributed by atoms with Crippen LogP contribution in [0.4, 0.5) is 4.79 Å². The lowest BCUT2D eigenvalue weighted by atomic mass is 9.99. The zero-order valence-electron chi connectivity index (χ0n) is 12.7. The third-order valence-electron chi connectivity index (χ3n) is 4.39. The van der Waals surface area contributed by atoms with Gasteiger partial charge in [0.2, 0.25) is 5.79 Å². The average Bonchev–Trinajstić information content (AvgIpc) is 2.98. The van der Waals surface area contributed by atoms with Gasteiger partial charge in [0, 0.05) is 6.42 Å². The number of epoxide rings is 1. The van der Waals surface area contributed by atoms with Crippen molar-refractivity contribution < 1.29 is 19.0 Å².